The Kier molecular flexibility index (Phi) is 5.43. The highest BCUT2D eigenvalue weighted by Crippen LogP contribution is 2.39. The van der Waals surface area contributed by atoms with Gasteiger partial charge in [-0.1, -0.05) is 71.5 Å². The van der Waals surface area contributed by atoms with Crippen LogP contribution in [0, 0.1) is 0 Å². The summed E-state index contributed by atoms with van der Waals surface area (Å²) in [6, 6.07) is 20.2. The van der Waals surface area contributed by atoms with E-state index in [2.05, 4.69) is 9.97 Å². The Labute approximate surface area is 148 Å². The van der Waals surface area contributed by atoms with Crippen molar-refractivity contribution in [1.29, 1.82) is 0 Å². The summed E-state index contributed by atoms with van der Waals surface area (Å²) in [5.41, 5.74) is 0. The molecule has 0 unspecified atom stereocenters. The van der Waals surface area contributed by atoms with Crippen molar-refractivity contribution in [1.82, 2.24) is 9.97 Å². The van der Waals surface area contributed by atoms with Gasteiger partial charge in [0.2, 0.25) is 0 Å². The zero-order valence-corrected chi connectivity index (χ0v) is 14.7. The van der Waals surface area contributed by atoms with Gasteiger partial charge in [-0.3, -0.25) is 0 Å². The minimum Gasteiger partial charge on any atom is -0.467 e. The molecule has 0 aliphatic carbocycles. The van der Waals surface area contributed by atoms with Gasteiger partial charge in [-0.2, -0.15) is 9.97 Å². The number of methoxy groups -OCH3 is 1. The molecular weight excluding hydrogens is 348 g/mol. The van der Waals surface area contributed by atoms with E-state index >= 15 is 0 Å². The van der Waals surface area contributed by atoms with Crippen LogP contribution in [0.25, 0.3) is 0 Å². The SMILES string of the molecule is COc1nc(Sc2ccccc2)c(Cl)c(Sc2ccccc2)n1. The second kappa shape index (κ2) is 7.73. The van der Waals surface area contributed by atoms with E-state index in [4.69, 9.17) is 16.3 Å². The molecule has 0 N–H and O–H groups in total. The minimum absolute atomic E-state index is 0.311. The normalized spacial score (nSPS) is 10.5. The standard InChI is InChI=1S/C17H13ClN2OS2/c1-21-17-19-15(22-12-8-4-2-5-9-12)14(18)16(20-17)23-13-10-6-3-7-11-13/h2-11H,1H3. The van der Waals surface area contributed by atoms with Crippen molar-refractivity contribution in [2.75, 3.05) is 7.11 Å². The molecule has 6 heteroatoms. The molecule has 0 radical (unpaired) electrons. The molecule has 0 saturated heterocycles. The third-order valence-corrected chi connectivity index (χ3v) is 5.44. The van der Waals surface area contributed by atoms with Gasteiger partial charge in [0, 0.05) is 9.79 Å². The molecule has 2 aromatic carbocycles. The Bertz CT molecular complexity index is 723. The molecule has 0 aliphatic heterocycles. The van der Waals surface area contributed by atoms with Gasteiger partial charge in [-0.25, -0.2) is 0 Å². The molecule has 1 aromatic heterocycles. The summed E-state index contributed by atoms with van der Waals surface area (Å²) in [5.74, 6) is 0. The second-order valence-corrected chi connectivity index (χ2v) is 6.97. The van der Waals surface area contributed by atoms with Gasteiger partial charge in [0.05, 0.1) is 7.11 Å². The Balaban J connectivity index is 1.95. The first-order chi connectivity index (χ1) is 11.3. The van der Waals surface area contributed by atoms with Gasteiger partial charge in [0.15, 0.2) is 0 Å². The molecule has 0 atom stereocenters. The van der Waals surface area contributed by atoms with Crippen LogP contribution in [0.2, 0.25) is 5.02 Å². The molecule has 0 fully saturated rings. The van der Waals surface area contributed by atoms with E-state index in [0.29, 0.717) is 21.1 Å². The molecule has 3 nitrogen and oxygen atoms in total. The monoisotopic (exact) mass is 360 g/mol. The Morgan fingerprint density at radius 1 is 0.783 bits per heavy atom. The van der Waals surface area contributed by atoms with E-state index in [-0.39, 0.29) is 0 Å². The molecule has 1 heterocycles. The van der Waals surface area contributed by atoms with Crippen LogP contribution in [0.1, 0.15) is 0 Å². The van der Waals surface area contributed by atoms with Gasteiger partial charge in [-0.15, -0.1) is 0 Å². The molecule has 0 bridgehead atoms. The summed E-state index contributed by atoms with van der Waals surface area (Å²) in [5, 5.41) is 1.90. The number of rotatable bonds is 5. The van der Waals surface area contributed by atoms with Gasteiger partial charge in [0.25, 0.3) is 0 Å². The lowest BCUT2D eigenvalue weighted by Crippen LogP contribution is -1.96. The van der Waals surface area contributed by atoms with Crippen LogP contribution >= 0.6 is 35.1 Å². The predicted octanol–water partition coefficient (Wildman–Crippen LogP) is 5.44. The Hall–Kier alpha value is -1.69. The summed E-state index contributed by atoms with van der Waals surface area (Å²) >= 11 is 9.50. The average molecular weight is 361 g/mol. The summed E-state index contributed by atoms with van der Waals surface area (Å²) in [6.07, 6.45) is 0. The van der Waals surface area contributed by atoms with E-state index < -0.39 is 0 Å². The van der Waals surface area contributed by atoms with Crippen molar-refractivity contribution in [3.63, 3.8) is 0 Å². The first kappa shape index (κ1) is 16.2. The highest BCUT2D eigenvalue weighted by atomic mass is 35.5. The summed E-state index contributed by atoms with van der Waals surface area (Å²) in [6.45, 7) is 0. The highest BCUT2D eigenvalue weighted by Gasteiger charge is 2.15. The zero-order chi connectivity index (χ0) is 16.1. The lowest BCUT2D eigenvalue weighted by molar-refractivity contribution is 0.372. The van der Waals surface area contributed by atoms with E-state index in [1.54, 1.807) is 7.11 Å². The minimum atomic E-state index is 0.311. The fraction of sp³-hybridized carbons (Fsp3) is 0.0588. The van der Waals surface area contributed by atoms with Crippen LogP contribution in [0.3, 0.4) is 0 Å². The van der Waals surface area contributed by atoms with Crippen molar-refractivity contribution in [2.45, 2.75) is 19.8 Å². The summed E-state index contributed by atoms with van der Waals surface area (Å²) in [7, 11) is 1.55. The molecule has 0 aliphatic rings. The van der Waals surface area contributed by atoms with Crippen molar-refractivity contribution >= 4 is 35.1 Å². The summed E-state index contributed by atoms with van der Waals surface area (Å²) < 4.78 is 5.22. The zero-order valence-electron chi connectivity index (χ0n) is 12.3. The number of hydrogen-bond acceptors (Lipinski definition) is 5. The van der Waals surface area contributed by atoms with E-state index in [9.17, 15) is 0 Å². The van der Waals surface area contributed by atoms with Crippen molar-refractivity contribution in [3.05, 3.63) is 65.7 Å². The maximum Gasteiger partial charge on any atom is 0.318 e. The quantitative estimate of drug-likeness (QED) is 0.566. The largest absolute Gasteiger partial charge is 0.467 e. The topological polar surface area (TPSA) is 35.0 Å². The first-order valence-corrected chi connectivity index (χ1v) is 8.84. The van der Waals surface area contributed by atoms with Gasteiger partial charge >= 0.3 is 6.01 Å². The lowest BCUT2D eigenvalue weighted by Gasteiger charge is -2.09. The van der Waals surface area contributed by atoms with Crippen LogP contribution in [0.4, 0.5) is 0 Å². The van der Waals surface area contributed by atoms with Gasteiger partial charge < -0.3 is 4.74 Å². The molecule has 23 heavy (non-hydrogen) atoms. The van der Waals surface area contributed by atoms with Crippen LogP contribution in [0.15, 0.2) is 80.5 Å². The molecule has 0 spiro atoms. The molecule has 3 rings (SSSR count). The highest BCUT2D eigenvalue weighted by molar-refractivity contribution is 8.00. The fourth-order valence-electron chi connectivity index (χ4n) is 1.82. The number of ether oxygens (including phenoxy) is 1. The fourth-order valence-corrected chi connectivity index (χ4v) is 3.85. The molecule has 0 saturated carbocycles. The van der Waals surface area contributed by atoms with E-state index in [1.807, 2.05) is 60.7 Å². The smallest absolute Gasteiger partial charge is 0.318 e. The molecular formula is C17H13ClN2OS2. The van der Waals surface area contributed by atoms with Crippen molar-refractivity contribution in [2.24, 2.45) is 0 Å². The van der Waals surface area contributed by atoms with E-state index in [0.717, 1.165) is 9.79 Å². The third-order valence-electron chi connectivity index (χ3n) is 2.87. The molecule has 3 aromatic rings. The number of benzene rings is 2. The maximum absolute atomic E-state index is 6.52. The van der Waals surface area contributed by atoms with Crippen LogP contribution in [-0.2, 0) is 0 Å². The number of halogens is 1. The average Bonchev–Trinajstić information content (AvgIpc) is 2.60. The third kappa shape index (κ3) is 4.19. The number of hydrogen-bond donors (Lipinski definition) is 0. The van der Waals surface area contributed by atoms with E-state index in [1.165, 1.54) is 23.5 Å². The predicted molar refractivity (Wildman–Crippen MR) is 94.7 cm³/mol. The Morgan fingerprint density at radius 3 is 1.61 bits per heavy atom. The van der Waals surface area contributed by atoms with Crippen molar-refractivity contribution < 1.29 is 4.74 Å². The van der Waals surface area contributed by atoms with Gasteiger partial charge in [0.1, 0.15) is 15.1 Å². The van der Waals surface area contributed by atoms with Gasteiger partial charge in [-0.05, 0) is 24.3 Å². The lowest BCUT2D eigenvalue weighted by atomic mass is 10.4. The summed E-state index contributed by atoms with van der Waals surface area (Å²) in [4.78, 5) is 10.9. The number of aromatic nitrogens is 2. The number of nitrogens with zero attached hydrogens (tertiary/aromatic N) is 2. The van der Waals surface area contributed by atoms with Crippen molar-refractivity contribution in [3.8, 4) is 6.01 Å². The van der Waals surface area contributed by atoms with Crippen LogP contribution < -0.4 is 4.74 Å². The van der Waals surface area contributed by atoms with Crippen LogP contribution in [0.5, 0.6) is 6.01 Å². The molecule has 0 amide bonds. The Morgan fingerprint density at radius 2 is 1.22 bits per heavy atom. The second-order valence-electron chi connectivity index (χ2n) is 4.46. The van der Waals surface area contributed by atoms with Crippen LogP contribution in [-0.4, -0.2) is 17.1 Å². The molecule has 116 valence electrons. The first-order valence-electron chi connectivity index (χ1n) is 6.83. The maximum atomic E-state index is 6.52.